The molecule has 0 saturated carbocycles. The lowest BCUT2D eigenvalue weighted by Crippen LogP contribution is -2.29. The van der Waals surface area contributed by atoms with E-state index >= 15 is 0 Å². The maximum Gasteiger partial charge on any atom is 0.255 e. The van der Waals surface area contributed by atoms with Crippen molar-refractivity contribution in [2.45, 2.75) is 6.92 Å². The molecule has 3 nitrogen and oxygen atoms in total. The van der Waals surface area contributed by atoms with Crippen LogP contribution in [0.4, 0.5) is 0 Å². The SMILES string of the molecule is COc1cc(Br)ccc1C(=O)NCC(C)CBr. The normalized spacial score (nSPS) is 12.0. The van der Waals surface area contributed by atoms with Gasteiger partial charge in [0.05, 0.1) is 12.7 Å². The summed E-state index contributed by atoms with van der Waals surface area (Å²) in [6.07, 6.45) is 0. The van der Waals surface area contributed by atoms with Crippen LogP contribution in [0.5, 0.6) is 5.75 Å². The Morgan fingerprint density at radius 2 is 2.24 bits per heavy atom. The third-order valence-electron chi connectivity index (χ3n) is 2.28. The van der Waals surface area contributed by atoms with Crippen molar-refractivity contribution in [2.24, 2.45) is 5.92 Å². The first-order valence-electron chi connectivity index (χ1n) is 5.26. The third-order valence-corrected chi connectivity index (χ3v) is 3.88. The highest BCUT2D eigenvalue weighted by atomic mass is 79.9. The van der Waals surface area contributed by atoms with E-state index in [1.165, 1.54) is 0 Å². The van der Waals surface area contributed by atoms with E-state index in [1.54, 1.807) is 19.2 Å². The van der Waals surface area contributed by atoms with Gasteiger partial charge >= 0.3 is 0 Å². The zero-order valence-corrected chi connectivity index (χ0v) is 13.0. The lowest BCUT2D eigenvalue weighted by molar-refractivity contribution is 0.0946. The Morgan fingerprint density at radius 1 is 1.53 bits per heavy atom. The van der Waals surface area contributed by atoms with Crippen LogP contribution in [-0.4, -0.2) is 24.9 Å². The molecule has 0 radical (unpaired) electrons. The summed E-state index contributed by atoms with van der Waals surface area (Å²) < 4.78 is 6.07. The molecule has 0 aliphatic heterocycles. The van der Waals surface area contributed by atoms with Crippen LogP contribution < -0.4 is 10.1 Å². The molecule has 0 saturated heterocycles. The van der Waals surface area contributed by atoms with Crippen LogP contribution in [-0.2, 0) is 0 Å². The van der Waals surface area contributed by atoms with Crippen molar-refractivity contribution in [1.29, 1.82) is 0 Å². The van der Waals surface area contributed by atoms with Crippen LogP contribution >= 0.6 is 31.9 Å². The van der Waals surface area contributed by atoms with Crippen LogP contribution in [0.3, 0.4) is 0 Å². The Bertz CT molecular complexity index is 396. The second-order valence-electron chi connectivity index (χ2n) is 3.81. The Kier molecular flexibility index (Phi) is 5.98. The molecule has 1 aromatic carbocycles. The molecule has 1 unspecified atom stereocenters. The largest absolute Gasteiger partial charge is 0.496 e. The van der Waals surface area contributed by atoms with Crippen LogP contribution in [0.25, 0.3) is 0 Å². The summed E-state index contributed by atoms with van der Waals surface area (Å²) in [6, 6.07) is 5.35. The number of benzene rings is 1. The van der Waals surface area contributed by atoms with E-state index in [9.17, 15) is 4.79 Å². The highest BCUT2D eigenvalue weighted by Crippen LogP contribution is 2.23. The van der Waals surface area contributed by atoms with E-state index in [1.807, 2.05) is 6.07 Å². The van der Waals surface area contributed by atoms with E-state index in [2.05, 4.69) is 44.1 Å². The fourth-order valence-corrected chi connectivity index (χ4v) is 1.84. The molecular weight excluding hydrogens is 350 g/mol. The van der Waals surface area contributed by atoms with Gasteiger partial charge in [-0.2, -0.15) is 0 Å². The van der Waals surface area contributed by atoms with Crippen molar-refractivity contribution in [3.8, 4) is 5.75 Å². The second-order valence-corrected chi connectivity index (χ2v) is 5.38. The number of carbonyl (C=O) groups excluding carboxylic acids is 1. The summed E-state index contributed by atoms with van der Waals surface area (Å²) in [6.45, 7) is 2.71. The molecule has 1 aromatic rings. The fourth-order valence-electron chi connectivity index (χ4n) is 1.27. The molecule has 5 heteroatoms. The van der Waals surface area contributed by atoms with Crippen LogP contribution in [0.1, 0.15) is 17.3 Å². The average molecular weight is 365 g/mol. The molecule has 0 aromatic heterocycles. The first-order valence-corrected chi connectivity index (χ1v) is 7.17. The van der Waals surface area contributed by atoms with E-state index < -0.39 is 0 Å². The molecule has 1 rings (SSSR count). The summed E-state index contributed by atoms with van der Waals surface area (Å²) in [5.74, 6) is 0.867. The number of methoxy groups -OCH3 is 1. The molecule has 94 valence electrons. The summed E-state index contributed by atoms with van der Waals surface area (Å²) in [7, 11) is 1.56. The molecule has 0 spiro atoms. The molecular formula is C12H15Br2NO2. The molecule has 1 N–H and O–H groups in total. The van der Waals surface area contributed by atoms with Crippen molar-refractivity contribution in [3.63, 3.8) is 0 Å². The lowest BCUT2D eigenvalue weighted by atomic mass is 10.1. The zero-order chi connectivity index (χ0) is 12.8. The van der Waals surface area contributed by atoms with Gasteiger partial charge in [0, 0.05) is 16.3 Å². The molecule has 0 aliphatic rings. The number of hydrogen-bond acceptors (Lipinski definition) is 2. The van der Waals surface area contributed by atoms with E-state index in [0.717, 1.165) is 9.80 Å². The smallest absolute Gasteiger partial charge is 0.255 e. The van der Waals surface area contributed by atoms with Gasteiger partial charge in [-0.3, -0.25) is 4.79 Å². The predicted molar refractivity (Wildman–Crippen MR) is 76.0 cm³/mol. The first-order chi connectivity index (χ1) is 8.08. The zero-order valence-electron chi connectivity index (χ0n) is 9.80. The van der Waals surface area contributed by atoms with Crippen LogP contribution in [0.15, 0.2) is 22.7 Å². The highest BCUT2D eigenvalue weighted by molar-refractivity contribution is 9.10. The average Bonchev–Trinajstić information content (AvgIpc) is 2.35. The number of amides is 1. The van der Waals surface area contributed by atoms with E-state index in [0.29, 0.717) is 23.8 Å². The predicted octanol–water partition coefficient (Wildman–Crippen LogP) is 3.22. The van der Waals surface area contributed by atoms with Crippen molar-refractivity contribution in [2.75, 3.05) is 19.0 Å². The number of ether oxygens (including phenoxy) is 1. The number of halogens is 2. The molecule has 0 heterocycles. The fraction of sp³-hybridized carbons (Fsp3) is 0.417. The molecule has 0 aliphatic carbocycles. The van der Waals surface area contributed by atoms with E-state index in [4.69, 9.17) is 4.74 Å². The topological polar surface area (TPSA) is 38.3 Å². The maximum absolute atomic E-state index is 11.9. The first kappa shape index (κ1) is 14.5. The van der Waals surface area contributed by atoms with E-state index in [-0.39, 0.29) is 5.91 Å². The Hall–Kier alpha value is -0.550. The van der Waals surface area contributed by atoms with Crippen molar-refractivity contribution in [3.05, 3.63) is 28.2 Å². The van der Waals surface area contributed by atoms with Crippen molar-refractivity contribution >= 4 is 37.8 Å². The minimum Gasteiger partial charge on any atom is -0.496 e. The number of hydrogen-bond donors (Lipinski definition) is 1. The van der Waals surface area contributed by atoms with Gasteiger partial charge in [0.1, 0.15) is 5.75 Å². The Labute approximate surface area is 118 Å². The third kappa shape index (κ3) is 4.32. The standard InChI is InChI=1S/C12H15Br2NO2/c1-8(6-13)7-15-12(16)10-4-3-9(14)5-11(10)17-2/h3-5,8H,6-7H2,1-2H3,(H,15,16). The molecule has 0 fully saturated rings. The van der Waals surface area contributed by atoms with Gasteiger partial charge in [-0.05, 0) is 24.1 Å². The minimum absolute atomic E-state index is 0.109. The van der Waals surface area contributed by atoms with Gasteiger partial charge in [-0.1, -0.05) is 38.8 Å². The van der Waals surface area contributed by atoms with Gasteiger partial charge in [0.25, 0.3) is 5.91 Å². The molecule has 1 amide bonds. The number of nitrogens with one attached hydrogen (secondary N) is 1. The van der Waals surface area contributed by atoms with Crippen LogP contribution in [0, 0.1) is 5.92 Å². The molecule has 1 atom stereocenters. The Morgan fingerprint density at radius 3 is 2.82 bits per heavy atom. The van der Waals surface area contributed by atoms with Crippen molar-refractivity contribution < 1.29 is 9.53 Å². The minimum atomic E-state index is -0.109. The number of carbonyl (C=O) groups is 1. The molecule has 0 bridgehead atoms. The van der Waals surface area contributed by atoms with Crippen LogP contribution in [0.2, 0.25) is 0 Å². The number of alkyl halides is 1. The van der Waals surface area contributed by atoms with Gasteiger partial charge < -0.3 is 10.1 Å². The summed E-state index contributed by atoms with van der Waals surface area (Å²) >= 11 is 6.72. The quantitative estimate of drug-likeness (QED) is 0.814. The monoisotopic (exact) mass is 363 g/mol. The lowest BCUT2D eigenvalue weighted by Gasteiger charge is -2.12. The summed E-state index contributed by atoms with van der Waals surface area (Å²) in [5.41, 5.74) is 0.553. The van der Waals surface area contributed by atoms with Gasteiger partial charge in [-0.25, -0.2) is 0 Å². The summed E-state index contributed by atoms with van der Waals surface area (Å²) in [4.78, 5) is 11.9. The van der Waals surface area contributed by atoms with Gasteiger partial charge in [0.15, 0.2) is 0 Å². The number of rotatable bonds is 5. The highest BCUT2D eigenvalue weighted by Gasteiger charge is 2.12. The van der Waals surface area contributed by atoms with Gasteiger partial charge in [-0.15, -0.1) is 0 Å². The second kappa shape index (κ2) is 7.01. The van der Waals surface area contributed by atoms with Gasteiger partial charge in [0.2, 0.25) is 0 Å². The molecule has 17 heavy (non-hydrogen) atoms. The maximum atomic E-state index is 11.9. The summed E-state index contributed by atoms with van der Waals surface area (Å²) in [5, 5.41) is 3.75. The van der Waals surface area contributed by atoms with Crippen molar-refractivity contribution in [1.82, 2.24) is 5.32 Å². The Balaban J connectivity index is 2.75.